The predicted octanol–water partition coefficient (Wildman–Crippen LogP) is 2.57. The first-order chi connectivity index (χ1) is 8.60. The Hall–Kier alpha value is -1.61. The quantitative estimate of drug-likeness (QED) is 0.897. The Morgan fingerprint density at radius 3 is 2.33 bits per heavy atom. The lowest BCUT2D eigenvalue weighted by atomic mass is 10.0. The van der Waals surface area contributed by atoms with E-state index < -0.39 is 6.10 Å². The summed E-state index contributed by atoms with van der Waals surface area (Å²) in [7, 11) is 1.87. The minimum atomic E-state index is -0.497. The minimum absolute atomic E-state index is 0.497. The van der Waals surface area contributed by atoms with Gasteiger partial charge in [-0.25, -0.2) is 0 Å². The molecular formula is C15H20N2O. The molecule has 18 heavy (non-hydrogen) atoms. The fourth-order valence-electron chi connectivity index (χ4n) is 2.18. The number of aliphatic hydroxyl groups excluding tert-OH is 1. The highest BCUT2D eigenvalue weighted by Gasteiger charge is 2.13. The van der Waals surface area contributed by atoms with Crippen LogP contribution in [-0.4, -0.2) is 14.9 Å². The standard InChI is InChI=1S/C15H20N2O/c1-4-12-5-7-13(8-6-12)10-15(18)14-9-11(2)16-17(14)3/h5-9,15,18H,4,10H2,1-3H3. The van der Waals surface area contributed by atoms with Crippen molar-refractivity contribution in [3.63, 3.8) is 0 Å². The fourth-order valence-corrected chi connectivity index (χ4v) is 2.18. The van der Waals surface area contributed by atoms with Crippen LogP contribution < -0.4 is 0 Å². The molecule has 0 saturated heterocycles. The van der Waals surface area contributed by atoms with Crippen LogP contribution in [0.5, 0.6) is 0 Å². The van der Waals surface area contributed by atoms with Crippen molar-refractivity contribution in [1.29, 1.82) is 0 Å². The van der Waals surface area contributed by atoms with E-state index in [0.29, 0.717) is 6.42 Å². The van der Waals surface area contributed by atoms with Crippen LogP contribution in [0.15, 0.2) is 30.3 Å². The van der Waals surface area contributed by atoms with Crippen LogP contribution in [0.2, 0.25) is 0 Å². The van der Waals surface area contributed by atoms with Gasteiger partial charge in [-0.2, -0.15) is 5.10 Å². The molecule has 0 radical (unpaired) electrons. The Morgan fingerprint density at radius 2 is 1.83 bits per heavy atom. The maximum Gasteiger partial charge on any atom is 0.0996 e. The van der Waals surface area contributed by atoms with E-state index in [1.54, 1.807) is 4.68 Å². The van der Waals surface area contributed by atoms with E-state index in [9.17, 15) is 5.11 Å². The summed E-state index contributed by atoms with van der Waals surface area (Å²) in [5.74, 6) is 0. The van der Waals surface area contributed by atoms with Gasteiger partial charge in [0.05, 0.1) is 17.5 Å². The first-order valence-electron chi connectivity index (χ1n) is 6.36. The zero-order valence-electron chi connectivity index (χ0n) is 11.2. The maximum absolute atomic E-state index is 10.2. The highest BCUT2D eigenvalue weighted by Crippen LogP contribution is 2.19. The Morgan fingerprint density at radius 1 is 1.22 bits per heavy atom. The summed E-state index contributed by atoms with van der Waals surface area (Å²) < 4.78 is 1.75. The molecule has 0 spiro atoms. The van der Waals surface area contributed by atoms with Crippen molar-refractivity contribution in [2.45, 2.75) is 32.8 Å². The molecular weight excluding hydrogens is 224 g/mol. The van der Waals surface area contributed by atoms with Crippen LogP contribution in [0.25, 0.3) is 0 Å². The van der Waals surface area contributed by atoms with Crippen molar-refractivity contribution in [2.75, 3.05) is 0 Å². The molecule has 0 aliphatic carbocycles. The second-order valence-electron chi connectivity index (χ2n) is 4.72. The number of aryl methyl sites for hydroxylation is 3. The predicted molar refractivity (Wildman–Crippen MR) is 72.4 cm³/mol. The molecule has 96 valence electrons. The van der Waals surface area contributed by atoms with Crippen LogP contribution >= 0.6 is 0 Å². The zero-order chi connectivity index (χ0) is 13.1. The molecule has 0 fully saturated rings. The van der Waals surface area contributed by atoms with E-state index in [1.807, 2.05) is 20.0 Å². The minimum Gasteiger partial charge on any atom is -0.386 e. The van der Waals surface area contributed by atoms with E-state index in [0.717, 1.165) is 23.4 Å². The van der Waals surface area contributed by atoms with E-state index in [1.165, 1.54) is 5.56 Å². The van der Waals surface area contributed by atoms with Crippen LogP contribution in [-0.2, 0) is 19.9 Å². The number of aliphatic hydroxyl groups is 1. The molecule has 2 rings (SSSR count). The van der Waals surface area contributed by atoms with Gasteiger partial charge in [0.1, 0.15) is 0 Å². The molecule has 1 aromatic heterocycles. The Kier molecular flexibility index (Phi) is 3.82. The van der Waals surface area contributed by atoms with E-state index in [4.69, 9.17) is 0 Å². The van der Waals surface area contributed by atoms with Crippen molar-refractivity contribution in [3.05, 3.63) is 52.8 Å². The molecule has 0 saturated carbocycles. The topological polar surface area (TPSA) is 38.1 Å². The summed E-state index contributed by atoms with van der Waals surface area (Å²) in [6, 6.07) is 10.4. The van der Waals surface area contributed by atoms with Crippen LogP contribution in [0.3, 0.4) is 0 Å². The summed E-state index contributed by atoms with van der Waals surface area (Å²) in [5.41, 5.74) is 4.28. The van der Waals surface area contributed by atoms with Crippen molar-refractivity contribution < 1.29 is 5.11 Å². The van der Waals surface area contributed by atoms with Gasteiger partial charge in [0, 0.05) is 13.5 Å². The summed E-state index contributed by atoms with van der Waals surface area (Å²) in [6.07, 6.45) is 1.18. The van der Waals surface area contributed by atoms with E-state index in [2.05, 4.69) is 36.3 Å². The molecule has 3 heteroatoms. The van der Waals surface area contributed by atoms with Crippen molar-refractivity contribution >= 4 is 0 Å². The average molecular weight is 244 g/mol. The van der Waals surface area contributed by atoms with E-state index in [-0.39, 0.29) is 0 Å². The molecule has 0 aliphatic heterocycles. The molecule has 1 atom stereocenters. The van der Waals surface area contributed by atoms with Crippen molar-refractivity contribution in [2.24, 2.45) is 7.05 Å². The summed E-state index contributed by atoms with van der Waals surface area (Å²) in [5, 5.41) is 14.5. The lowest BCUT2D eigenvalue weighted by Gasteiger charge is -2.11. The highest BCUT2D eigenvalue weighted by molar-refractivity contribution is 5.24. The van der Waals surface area contributed by atoms with Gasteiger partial charge >= 0.3 is 0 Å². The molecule has 1 heterocycles. The number of hydrogen-bond acceptors (Lipinski definition) is 2. The lowest BCUT2D eigenvalue weighted by molar-refractivity contribution is 0.168. The van der Waals surface area contributed by atoms with Crippen LogP contribution in [0.1, 0.15) is 35.5 Å². The molecule has 2 aromatic rings. The monoisotopic (exact) mass is 244 g/mol. The first kappa shape index (κ1) is 12.8. The molecule has 1 unspecified atom stereocenters. The van der Waals surface area contributed by atoms with Gasteiger partial charge in [0.15, 0.2) is 0 Å². The zero-order valence-corrected chi connectivity index (χ0v) is 11.2. The summed E-state index contributed by atoms with van der Waals surface area (Å²) in [6.45, 7) is 4.08. The molecule has 0 bridgehead atoms. The van der Waals surface area contributed by atoms with Gasteiger partial charge in [0.25, 0.3) is 0 Å². The molecule has 1 N–H and O–H groups in total. The maximum atomic E-state index is 10.2. The highest BCUT2D eigenvalue weighted by atomic mass is 16.3. The van der Waals surface area contributed by atoms with E-state index >= 15 is 0 Å². The third-order valence-corrected chi connectivity index (χ3v) is 3.24. The third kappa shape index (κ3) is 2.79. The second kappa shape index (κ2) is 5.36. The van der Waals surface area contributed by atoms with Gasteiger partial charge in [-0.3, -0.25) is 4.68 Å². The van der Waals surface area contributed by atoms with Gasteiger partial charge < -0.3 is 5.11 Å². The first-order valence-corrected chi connectivity index (χ1v) is 6.36. The van der Waals surface area contributed by atoms with Crippen LogP contribution in [0, 0.1) is 6.92 Å². The largest absolute Gasteiger partial charge is 0.386 e. The molecule has 0 aliphatic rings. The smallest absolute Gasteiger partial charge is 0.0996 e. The number of aromatic nitrogens is 2. The third-order valence-electron chi connectivity index (χ3n) is 3.24. The Labute approximate surface area is 108 Å². The number of benzene rings is 1. The second-order valence-corrected chi connectivity index (χ2v) is 4.72. The number of rotatable bonds is 4. The summed E-state index contributed by atoms with van der Waals surface area (Å²) >= 11 is 0. The normalized spacial score (nSPS) is 12.7. The van der Waals surface area contributed by atoms with Gasteiger partial charge in [0.2, 0.25) is 0 Å². The van der Waals surface area contributed by atoms with Gasteiger partial charge in [-0.05, 0) is 30.5 Å². The SMILES string of the molecule is CCc1ccc(CC(O)c2cc(C)nn2C)cc1. The average Bonchev–Trinajstić information content (AvgIpc) is 2.69. The molecule has 3 nitrogen and oxygen atoms in total. The van der Waals surface area contributed by atoms with Gasteiger partial charge in [-0.15, -0.1) is 0 Å². The Balaban J connectivity index is 2.10. The number of hydrogen-bond donors (Lipinski definition) is 1. The van der Waals surface area contributed by atoms with Gasteiger partial charge in [-0.1, -0.05) is 31.2 Å². The van der Waals surface area contributed by atoms with Crippen molar-refractivity contribution in [1.82, 2.24) is 9.78 Å². The summed E-state index contributed by atoms with van der Waals surface area (Å²) in [4.78, 5) is 0. The Bertz CT molecular complexity index is 514. The number of nitrogens with zero attached hydrogens (tertiary/aromatic N) is 2. The molecule has 1 aromatic carbocycles. The molecule has 0 amide bonds. The fraction of sp³-hybridized carbons (Fsp3) is 0.400. The van der Waals surface area contributed by atoms with Crippen molar-refractivity contribution in [3.8, 4) is 0 Å². The lowest BCUT2D eigenvalue weighted by Crippen LogP contribution is -2.07. The van der Waals surface area contributed by atoms with Crippen LogP contribution in [0.4, 0.5) is 0 Å².